The molecule has 0 fully saturated rings. The predicted molar refractivity (Wildman–Crippen MR) is 3.43 cm³/mol. The maximum atomic E-state index is 0. The zero-order valence-electron chi connectivity index (χ0n) is 3.83. The Morgan fingerprint density at radius 3 is 0.333 bits per heavy atom. The van der Waals surface area contributed by atoms with Gasteiger partial charge in [-0.1, -0.05) is 0 Å². The SMILES string of the molecule is [Nb+5].[Nb+5].[O-2].[O-2].[O-2].[O-2].[O-2].[V].[V]. The van der Waals surface area contributed by atoms with E-state index in [0.717, 1.165) is 0 Å². The summed E-state index contributed by atoms with van der Waals surface area (Å²) in [5, 5.41) is 0. The van der Waals surface area contributed by atoms with E-state index in [9.17, 15) is 0 Å². The molecule has 0 saturated heterocycles. The number of hydrogen-bond donors (Lipinski definition) is 0. The smallest absolute Gasteiger partial charge is 2.00 e. The maximum absolute atomic E-state index is 0. The number of hydrogen-bond acceptors (Lipinski definition) is 0. The molecule has 0 aromatic heterocycles. The van der Waals surface area contributed by atoms with E-state index in [2.05, 4.69) is 0 Å². The summed E-state index contributed by atoms with van der Waals surface area (Å²) in [6, 6.07) is 0. The molecular weight excluding hydrogens is 368 g/mol. The molecule has 0 saturated carbocycles. The Hall–Kier alpha value is 2.45. The zero-order valence-corrected chi connectivity index (χ0v) is 11.0. The van der Waals surface area contributed by atoms with Crippen LogP contribution >= 0.6 is 0 Å². The molecule has 0 bridgehead atoms. The van der Waals surface area contributed by atoms with Gasteiger partial charge in [-0.3, -0.25) is 0 Å². The first kappa shape index (κ1) is 208. The van der Waals surface area contributed by atoms with Crippen molar-refractivity contribution in [2.45, 2.75) is 0 Å². The van der Waals surface area contributed by atoms with Gasteiger partial charge in [0.05, 0.1) is 0 Å². The van der Waals surface area contributed by atoms with E-state index in [-0.39, 0.29) is 109 Å². The largest absolute Gasteiger partial charge is 5.00 e. The first-order valence-electron chi connectivity index (χ1n) is 0. The molecule has 0 atom stereocenters. The fourth-order valence-corrected chi connectivity index (χ4v) is 0. The predicted octanol–water partition coefficient (Wildman–Crippen LogP) is -0.604. The summed E-state index contributed by atoms with van der Waals surface area (Å²) in [7, 11) is 0. The Labute approximate surface area is 108 Å². The number of rotatable bonds is 0. The fraction of sp³-hybridized carbons (Fsp3) is 0. The van der Waals surface area contributed by atoms with Gasteiger partial charge in [-0.05, 0) is 0 Å². The van der Waals surface area contributed by atoms with Crippen LogP contribution < -0.4 is 0 Å². The summed E-state index contributed by atoms with van der Waals surface area (Å²) in [4.78, 5) is 0. The van der Waals surface area contributed by atoms with Crippen molar-refractivity contribution in [2.24, 2.45) is 0 Å². The zero-order chi connectivity index (χ0) is 0. The van der Waals surface area contributed by atoms with Gasteiger partial charge in [0, 0.05) is 37.1 Å². The first-order chi connectivity index (χ1) is 0. The minimum absolute atomic E-state index is 0. The van der Waals surface area contributed by atoms with Gasteiger partial charge in [-0.2, -0.15) is 0 Å². The van der Waals surface area contributed by atoms with Gasteiger partial charge in [0.15, 0.2) is 0 Å². The minimum atomic E-state index is 0. The molecule has 0 aliphatic rings. The summed E-state index contributed by atoms with van der Waals surface area (Å²) < 4.78 is 0. The van der Waals surface area contributed by atoms with Crippen LogP contribution in [0.4, 0.5) is 0 Å². The Kier molecular flexibility index (Phi) is 3600. The summed E-state index contributed by atoms with van der Waals surface area (Å²) in [6.07, 6.45) is 0. The van der Waals surface area contributed by atoms with E-state index in [1.165, 1.54) is 0 Å². The van der Waals surface area contributed by atoms with Crippen LogP contribution in [0.15, 0.2) is 0 Å². The third kappa shape index (κ3) is 124. The summed E-state index contributed by atoms with van der Waals surface area (Å²) in [5.41, 5.74) is 0. The molecule has 0 spiro atoms. The van der Waals surface area contributed by atoms with Crippen LogP contribution in [0.25, 0.3) is 0 Å². The van der Waals surface area contributed by atoms with Crippen LogP contribution in [0.2, 0.25) is 0 Å². The average molecular weight is 368 g/mol. The third-order valence-electron chi connectivity index (χ3n) is 0. The van der Waals surface area contributed by atoms with Gasteiger partial charge in [0.1, 0.15) is 0 Å². The molecule has 2 radical (unpaired) electrons. The summed E-state index contributed by atoms with van der Waals surface area (Å²) in [6.45, 7) is 0. The van der Waals surface area contributed by atoms with Crippen LogP contribution in [-0.4, -0.2) is 0 Å². The quantitative estimate of drug-likeness (QED) is 0.504. The Morgan fingerprint density at radius 1 is 0.333 bits per heavy atom. The van der Waals surface area contributed by atoms with E-state index in [4.69, 9.17) is 0 Å². The van der Waals surface area contributed by atoms with Crippen molar-refractivity contribution in [2.75, 3.05) is 0 Å². The van der Waals surface area contributed by atoms with Gasteiger partial charge in [-0.25, -0.2) is 0 Å². The van der Waals surface area contributed by atoms with E-state index in [0.29, 0.717) is 0 Å². The summed E-state index contributed by atoms with van der Waals surface area (Å²) >= 11 is 0. The normalized spacial score (nSPS) is 0. The molecule has 50 valence electrons. The molecule has 9 heteroatoms. The van der Waals surface area contributed by atoms with Gasteiger partial charge in [-0.15, -0.1) is 0 Å². The van der Waals surface area contributed by atoms with E-state index < -0.39 is 0 Å². The van der Waals surface area contributed by atoms with E-state index in [1.807, 2.05) is 0 Å². The summed E-state index contributed by atoms with van der Waals surface area (Å²) in [5.74, 6) is 0. The van der Waals surface area contributed by atoms with Crippen LogP contribution in [0, 0.1) is 0 Å². The van der Waals surface area contributed by atoms with Crippen molar-refractivity contribution >= 4 is 0 Å². The fourth-order valence-electron chi connectivity index (χ4n) is 0. The molecule has 0 aromatic rings. The molecular formula is Nb2O5V2. The van der Waals surface area contributed by atoms with Crippen molar-refractivity contribution in [3.8, 4) is 0 Å². The molecule has 0 heterocycles. The topological polar surface area (TPSA) is 142 Å². The van der Waals surface area contributed by atoms with Gasteiger partial charge >= 0.3 is 44.8 Å². The molecule has 0 rings (SSSR count). The monoisotopic (exact) mass is 368 g/mol. The third-order valence-corrected chi connectivity index (χ3v) is 0. The first-order valence-corrected chi connectivity index (χ1v) is 0. The second-order valence-electron chi connectivity index (χ2n) is 0. The van der Waals surface area contributed by atoms with Gasteiger partial charge in [0.2, 0.25) is 0 Å². The van der Waals surface area contributed by atoms with Crippen LogP contribution in [-0.2, 0) is 109 Å². The molecule has 5 nitrogen and oxygen atoms in total. The molecule has 0 aromatic carbocycles. The molecule has 0 amide bonds. The average Bonchev–Trinajstić information content (AvgIpc) is 0. The molecule has 0 aliphatic carbocycles. The van der Waals surface area contributed by atoms with Gasteiger partial charge < -0.3 is 27.4 Å². The second kappa shape index (κ2) is 156. The molecule has 0 unspecified atom stereocenters. The van der Waals surface area contributed by atoms with Crippen LogP contribution in [0.3, 0.4) is 0 Å². The van der Waals surface area contributed by atoms with E-state index >= 15 is 0 Å². The van der Waals surface area contributed by atoms with Crippen molar-refractivity contribution in [3.05, 3.63) is 0 Å². The Bertz CT molecular complexity index is 12.9. The molecule has 0 N–H and O–H groups in total. The van der Waals surface area contributed by atoms with Crippen molar-refractivity contribution in [1.82, 2.24) is 0 Å². The van der Waals surface area contributed by atoms with E-state index in [1.54, 1.807) is 0 Å². The second-order valence-corrected chi connectivity index (χ2v) is 0. The van der Waals surface area contributed by atoms with Crippen molar-refractivity contribution in [1.29, 1.82) is 0 Å². The molecule has 0 aliphatic heterocycles. The maximum Gasteiger partial charge on any atom is 5.00 e. The Balaban J connectivity index is 0. The van der Waals surface area contributed by atoms with Crippen LogP contribution in [0.1, 0.15) is 0 Å². The van der Waals surface area contributed by atoms with Crippen molar-refractivity contribution in [3.63, 3.8) is 0 Å². The van der Waals surface area contributed by atoms with Gasteiger partial charge in [0.25, 0.3) is 0 Å². The Morgan fingerprint density at radius 2 is 0.333 bits per heavy atom. The standard InChI is InChI=1S/2Nb.5O.2V/q2*+5;5*-2;;. The van der Waals surface area contributed by atoms with Crippen LogP contribution in [0.5, 0.6) is 0 Å². The molecule has 9 heavy (non-hydrogen) atoms. The minimum Gasteiger partial charge on any atom is -2.00 e. The van der Waals surface area contributed by atoms with Crippen molar-refractivity contribution < 1.29 is 109 Å².